The van der Waals surface area contributed by atoms with Crippen LogP contribution in [-0.4, -0.2) is 16.2 Å². The first-order valence-electron chi connectivity index (χ1n) is 6.36. The van der Waals surface area contributed by atoms with E-state index in [0.717, 1.165) is 16.5 Å². The van der Waals surface area contributed by atoms with Crippen LogP contribution in [0.15, 0.2) is 41.3 Å². The lowest BCUT2D eigenvalue weighted by Crippen LogP contribution is -1.93. The summed E-state index contributed by atoms with van der Waals surface area (Å²) in [5.41, 5.74) is 2.65. The van der Waals surface area contributed by atoms with E-state index in [4.69, 9.17) is 23.2 Å². The summed E-state index contributed by atoms with van der Waals surface area (Å²) in [6, 6.07) is 11.9. The SMILES string of the molecule is CSc1ccc(-c2nc(Cl)c3cc(C)cc(Cl)c3n2)cc1. The van der Waals surface area contributed by atoms with Gasteiger partial charge >= 0.3 is 0 Å². The summed E-state index contributed by atoms with van der Waals surface area (Å²) < 4.78 is 0. The van der Waals surface area contributed by atoms with E-state index >= 15 is 0 Å². The van der Waals surface area contributed by atoms with Gasteiger partial charge in [0.05, 0.1) is 10.5 Å². The van der Waals surface area contributed by atoms with E-state index in [-0.39, 0.29) is 0 Å². The quantitative estimate of drug-likeness (QED) is 0.448. The summed E-state index contributed by atoms with van der Waals surface area (Å²) >= 11 is 14.3. The van der Waals surface area contributed by atoms with Crippen molar-refractivity contribution in [2.75, 3.05) is 6.26 Å². The van der Waals surface area contributed by atoms with E-state index in [1.165, 1.54) is 4.90 Å². The minimum atomic E-state index is 0.426. The Kier molecular flexibility index (Phi) is 4.07. The third kappa shape index (κ3) is 2.86. The number of hydrogen-bond donors (Lipinski definition) is 0. The summed E-state index contributed by atoms with van der Waals surface area (Å²) in [5, 5.41) is 1.80. The van der Waals surface area contributed by atoms with E-state index in [1.54, 1.807) is 11.8 Å². The highest BCUT2D eigenvalue weighted by atomic mass is 35.5. The highest BCUT2D eigenvalue weighted by Crippen LogP contribution is 2.31. The zero-order valence-electron chi connectivity index (χ0n) is 11.5. The molecular formula is C16H12Cl2N2S. The summed E-state index contributed by atoms with van der Waals surface area (Å²) in [5.74, 6) is 0.589. The Morgan fingerprint density at radius 2 is 1.71 bits per heavy atom. The number of rotatable bonds is 2. The number of aromatic nitrogens is 2. The van der Waals surface area contributed by atoms with Crippen molar-refractivity contribution in [1.82, 2.24) is 9.97 Å². The molecular weight excluding hydrogens is 323 g/mol. The van der Waals surface area contributed by atoms with Crippen molar-refractivity contribution in [3.05, 3.63) is 52.1 Å². The Morgan fingerprint density at radius 3 is 2.38 bits per heavy atom. The molecule has 0 N–H and O–H groups in total. The first-order chi connectivity index (χ1) is 10.1. The predicted molar refractivity (Wildman–Crippen MR) is 91.5 cm³/mol. The van der Waals surface area contributed by atoms with E-state index in [0.29, 0.717) is 21.5 Å². The van der Waals surface area contributed by atoms with Crippen LogP contribution >= 0.6 is 35.0 Å². The number of nitrogens with zero attached hydrogens (tertiary/aromatic N) is 2. The molecule has 3 rings (SSSR count). The number of aryl methyl sites for hydroxylation is 1. The van der Waals surface area contributed by atoms with Gasteiger partial charge in [0.1, 0.15) is 5.15 Å². The van der Waals surface area contributed by atoms with Crippen LogP contribution in [0, 0.1) is 6.92 Å². The lowest BCUT2D eigenvalue weighted by atomic mass is 10.1. The highest BCUT2D eigenvalue weighted by Gasteiger charge is 2.11. The van der Waals surface area contributed by atoms with Crippen LogP contribution in [0.5, 0.6) is 0 Å². The smallest absolute Gasteiger partial charge is 0.161 e. The summed E-state index contributed by atoms with van der Waals surface area (Å²) in [6.45, 7) is 1.97. The van der Waals surface area contributed by atoms with Crippen LogP contribution in [-0.2, 0) is 0 Å². The molecule has 0 amide bonds. The molecule has 0 aliphatic rings. The van der Waals surface area contributed by atoms with Gasteiger partial charge in [-0.1, -0.05) is 35.3 Å². The Bertz CT molecular complexity index is 817. The molecule has 2 nitrogen and oxygen atoms in total. The lowest BCUT2D eigenvalue weighted by molar-refractivity contribution is 1.22. The van der Waals surface area contributed by atoms with Gasteiger partial charge in [0.15, 0.2) is 5.82 Å². The van der Waals surface area contributed by atoms with Crippen molar-refractivity contribution < 1.29 is 0 Å². The molecule has 3 aromatic rings. The van der Waals surface area contributed by atoms with Gasteiger partial charge < -0.3 is 0 Å². The molecule has 0 unspecified atom stereocenters. The molecule has 0 fully saturated rings. The van der Waals surface area contributed by atoms with Crippen LogP contribution in [0.25, 0.3) is 22.3 Å². The van der Waals surface area contributed by atoms with Crippen LogP contribution < -0.4 is 0 Å². The van der Waals surface area contributed by atoms with Crippen LogP contribution in [0.3, 0.4) is 0 Å². The van der Waals surface area contributed by atoms with Gasteiger partial charge in [-0.2, -0.15) is 0 Å². The van der Waals surface area contributed by atoms with E-state index in [2.05, 4.69) is 9.97 Å². The molecule has 1 heterocycles. The monoisotopic (exact) mass is 334 g/mol. The van der Waals surface area contributed by atoms with Crippen LogP contribution in [0.1, 0.15) is 5.56 Å². The Hall–Kier alpha value is -1.29. The van der Waals surface area contributed by atoms with Gasteiger partial charge in [-0.25, -0.2) is 9.97 Å². The van der Waals surface area contributed by atoms with Gasteiger partial charge in [0.25, 0.3) is 0 Å². The van der Waals surface area contributed by atoms with Crippen molar-refractivity contribution in [2.45, 2.75) is 11.8 Å². The second-order valence-corrected chi connectivity index (χ2v) is 6.35. The minimum Gasteiger partial charge on any atom is -0.226 e. The second kappa shape index (κ2) is 5.84. The molecule has 0 aliphatic carbocycles. The summed E-state index contributed by atoms with van der Waals surface area (Å²) in [7, 11) is 0. The zero-order valence-corrected chi connectivity index (χ0v) is 13.9. The molecule has 0 bridgehead atoms. The van der Waals surface area contributed by atoms with Gasteiger partial charge in [0.2, 0.25) is 0 Å². The first-order valence-corrected chi connectivity index (χ1v) is 8.34. The maximum Gasteiger partial charge on any atom is 0.161 e. The van der Waals surface area contributed by atoms with Crippen molar-refractivity contribution in [3.8, 4) is 11.4 Å². The van der Waals surface area contributed by atoms with E-state index in [1.807, 2.05) is 49.6 Å². The fraction of sp³-hybridized carbons (Fsp3) is 0.125. The third-order valence-electron chi connectivity index (χ3n) is 3.20. The molecule has 1 aromatic heterocycles. The molecule has 106 valence electrons. The fourth-order valence-electron chi connectivity index (χ4n) is 2.16. The Balaban J connectivity index is 2.19. The average Bonchev–Trinajstić information content (AvgIpc) is 2.48. The van der Waals surface area contributed by atoms with Crippen molar-refractivity contribution in [2.24, 2.45) is 0 Å². The topological polar surface area (TPSA) is 25.8 Å². The fourth-order valence-corrected chi connectivity index (χ4v) is 3.11. The number of fused-ring (bicyclic) bond motifs is 1. The number of halogens is 2. The van der Waals surface area contributed by atoms with E-state index in [9.17, 15) is 0 Å². The maximum absolute atomic E-state index is 6.30. The number of hydrogen-bond acceptors (Lipinski definition) is 3. The molecule has 21 heavy (non-hydrogen) atoms. The molecule has 5 heteroatoms. The van der Waals surface area contributed by atoms with Crippen LogP contribution in [0.4, 0.5) is 0 Å². The number of benzene rings is 2. The summed E-state index contributed by atoms with van der Waals surface area (Å²) in [6.07, 6.45) is 2.04. The first kappa shape index (κ1) is 14.6. The molecule has 0 aliphatic heterocycles. The van der Waals surface area contributed by atoms with Gasteiger partial charge in [-0.05, 0) is 43.0 Å². The molecule has 0 spiro atoms. The molecule has 2 aromatic carbocycles. The largest absolute Gasteiger partial charge is 0.226 e. The lowest BCUT2D eigenvalue weighted by Gasteiger charge is -2.07. The Labute approximate surface area is 137 Å². The molecule has 0 saturated heterocycles. The van der Waals surface area contributed by atoms with Crippen molar-refractivity contribution in [1.29, 1.82) is 0 Å². The predicted octanol–water partition coefficient (Wildman–Crippen LogP) is 5.63. The standard InChI is InChI=1S/C16H12Cl2N2S/c1-9-7-12-14(13(17)8-9)19-16(20-15(12)18)10-3-5-11(21-2)6-4-10/h3-8H,1-2H3. The third-order valence-corrected chi connectivity index (χ3v) is 4.52. The minimum absolute atomic E-state index is 0.426. The van der Waals surface area contributed by atoms with Crippen LogP contribution in [0.2, 0.25) is 10.2 Å². The van der Waals surface area contributed by atoms with Gasteiger partial charge in [-0.3, -0.25) is 0 Å². The van der Waals surface area contributed by atoms with Crippen molar-refractivity contribution >= 4 is 45.9 Å². The average molecular weight is 335 g/mol. The Morgan fingerprint density at radius 1 is 1.00 bits per heavy atom. The normalized spacial score (nSPS) is 11.0. The van der Waals surface area contributed by atoms with Crippen molar-refractivity contribution in [3.63, 3.8) is 0 Å². The summed E-state index contributed by atoms with van der Waals surface area (Å²) in [4.78, 5) is 10.2. The number of thioether (sulfide) groups is 1. The molecule has 0 saturated carbocycles. The molecule has 0 atom stereocenters. The zero-order chi connectivity index (χ0) is 15.0. The second-order valence-electron chi connectivity index (χ2n) is 4.71. The van der Waals surface area contributed by atoms with E-state index < -0.39 is 0 Å². The van der Waals surface area contributed by atoms with Gasteiger partial charge in [-0.15, -0.1) is 11.8 Å². The highest BCUT2D eigenvalue weighted by molar-refractivity contribution is 7.98. The maximum atomic E-state index is 6.30. The van der Waals surface area contributed by atoms with Gasteiger partial charge in [0, 0.05) is 15.8 Å². The molecule has 0 radical (unpaired) electrons.